The first-order valence-electron chi connectivity index (χ1n) is 6.15. The number of rotatable bonds is 3. The van der Waals surface area contributed by atoms with E-state index in [4.69, 9.17) is 23.2 Å². The van der Waals surface area contributed by atoms with Crippen molar-refractivity contribution in [2.24, 2.45) is 0 Å². The highest BCUT2D eigenvalue weighted by atomic mass is 35.5. The Bertz CT molecular complexity index is 758. The van der Waals surface area contributed by atoms with Gasteiger partial charge in [-0.15, -0.1) is 11.8 Å². The van der Waals surface area contributed by atoms with E-state index < -0.39 is 0 Å². The second-order valence-electron chi connectivity index (χ2n) is 4.37. The van der Waals surface area contributed by atoms with Crippen molar-refractivity contribution in [2.45, 2.75) is 10.8 Å². The number of hydrogen-bond acceptors (Lipinski definition) is 2. The molecule has 0 radical (unpaired) electrons. The Morgan fingerprint density at radius 3 is 2.65 bits per heavy atom. The molecule has 0 spiro atoms. The number of aromatic nitrogens is 1. The van der Waals surface area contributed by atoms with Crippen molar-refractivity contribution >= 4 is 45.9 Å². The summed E-state index contributed by atoms with van der Waals surface area (Å²) in [5, 5.41) is 3.51. The van der Waals surface area contributed by atoms with Crippen LogP contribution in [0.15, 0.2) is 59.6 Å². The fourth-order valence-electron chi connectivity index (χ4n) is 1.92. The molecule has 0 aliphatic carbocycles. The highest BCUT2D eigenvalue weighted by Gasteiger charge is 2.04. The maximum atomic E-state index is 6.17. The van der Waals surface area contributed by atoms with Crippen LogP contribution in [0.25, 0.3) is 10.9 Å². The lowest BCUT2D eigenvalue weighted by Gasteiger charge is -2.05. The number of pyridine rings is 1. The largest absolute Gasteiger partial charge is 0.241 e. The summed E-state index contributed by atoms with van der Waals surface area (Å²) in [5.41, 5.74) is 2.08. The first-order chi connectivity index (χ1) is 9.72. The molecule has 0 bridgehead atoms. The van der Waals surface area contributed by atoms with Crippen LogP contribution in [-0.4, -0.2) is 4.98 Å². The van der Waals surface area contributed by atoms with Crippen molar-refractivity contribution in [2.75, 3.05) is 0 Å². The van der Waals surface area contributed by atoms with Crippen LogP contribution in [0.5, 0.6) is 0 Å². The topological polar surface area (TPSA) is 12.9 Å². The van der Waals surface area contributed by atoms with Gasteiger partial charge in [0.05, 0.1) is 10.5 Å². The Balaban J connectivity index is 1.79. The standard InChI is InChI=1S/C16H11Cl2NS/c17-13-7-5-12(14(18)9-13)10-20-16-8-6-11-3-1-2-4-15(11)19-16/h1-9H,10H2. The number of halogens is 2. The van der Waals surface area contributed by atoms with E-state index in [2.05, 4.69) is 17.1 Å². The quantitative estimate of drug-likeness (QED) is 0.563. The third-order valence-corrected chi connectivity index (χ3v) is 4.53. The summed E-state index contributed by atoms with van der Waals surface area (Å²) in [6, 6.07) is 17.8. The number of benzene rings is 2. The molecule has 100 valence electrons. The number of thioether (sulfide) groups is 1. The van der Waals surface area contributed by atoms with Crippen LogP contribution in [0.3, 0.4) is 0 Å². The van der Waals surface area contributed by atoms with Gasteiger partial charge < -0.3 is 0 Å². The second kappa shape index (κ2) is 6.04. The maximum absolute atomic E-state index is 6.17. The molecule has 0 fully saturated rings. The van der Waals surface area contributed by atoms with Gasteiger partial charge in [0.1, 0.15) is 0 Å². The molecular formula is C16H11Cl2NS. The molecule has 0 unspecified atom stereocenters. The molecule has 1 nitrogen and oxygen atoms in total. The minimum Gasteiger partial charge on any atom is -0.241 e. The van der Waals surface area contributed by atoms with Crippen molar-refractivity contribution in [3.05, 3.63) is 70.2 Å². The van der Waals surface area contributed by atoms with Crippen LogP contribution in [0.1, 0.15) is 5.56 Å². The third-order valence-electron chi connectivity index (χ3n) is 2.96. The monoisotopic (exact) mass is 319 g/mol. The summed E-state index contributed by atoms with van der Waals surface area (Å²) in [4.78, 5) is 4.63. The molecule has 0 N–H and O–H groups in total. The molecule has 0 saturated carbocycles. The number of fused-ring (bicyclic) bond motifs is 1. The summed E-state index contributed by atoms with van der Waals surface area (Å²) >= 11 is 13.7. The van der Waals surface area contributed by atoms with Crippen molar-refractivity contribution in [3.63, 3.8) is 0 Å². The predicted molar refractivity (Wildman–Crippen MR) is 87.8 cm³/mol. The summed E-state index contributed by atoms with van der Waals surface area (Å²) in [7, 11) is 0. The fraction of sp³-hybridized carbons (Fsp3) is 0.0625. The SMILES string of the molecule is Clc1ccc(CSc2ccc3ccccc3n2)c(Cl)c1. The summed E-state index contributed by atoms with van der Waals surface area (Å²) in [6.45, 7) is 0. The van der Waals surface area contributed by atoms with Gasteiger partial charge in [-0.25, -0.2) is 4.98 Å². The molecule has 1 heterocycles. The van der Waals surface area contributed by atoms with E-state index >= 15 is 0 Å². The molecular weight excluding hydrogens is 309 g/mol. The zero-order valence-electron chi connectivity index (χ0n) is 10.5. The molecule has 0 saturated heterocycles. The molecule has 3 rings (SSSR count). The molecule has 1 aromatic heterocycles. The van der Waals surface area contributed by atoms with Gasteiger partial charge in [-0.1, -0.05) is 53.5 Å². The van der Waals surface area contributed by atoms with E-state index in [0.29, 0.717) is 10.0 Å². The summed E-state index contributed by atoms with van der Waals surface area (Å²) in [6.07, 6.45) is 0. The number of para-hydroxylation sites is 1. The summed E-state index contributed by atoms with van der Waals surface area (Å²) < 4.78 is 0. The molecule has 3 aromatic rings. The van der Waals surface area contributed by atoms with Gasteiger partial charge in [-0.3, -0.25) is 0 Å². The van der Waals surface area contributed by atoms with E-state index in [0.717, 1.165) is 27.2 Å². The van der Waals surface area contributed by atoms with Gasteiger partial charge in [0.25, 0.3) is 0 Å². The van der Waals surface area contributed by atoms with Crippen LogP contribution in [-0.2, 0) is 5.75 Å². The van der Waals surface area contributed by atoms with Crippen LogP contribution in [0.4, 0.5) is 0 Å². The Morgan fingerprint density at radius 2 is 1.80 bits per heavy atom. The van der Waals surface area contributed by atoms with Gasteiger partial charge in [-0.05, 0) is 29.8 Å². The normalized spacial score (nSPS) is 10.9. The minimum atomic E-state index is 0.660. The highest BCUT2D eigenvalue weighted by molar-refractivity contribution is 7.98. The molecule has 0 atom stereocenters. The number of hydrogen-bond donors (Lipinski definition) is 0. The second-order valence-corrected chi connectivity index (χ2v) is 6.21. The molecule has 4 heteroatoms. The van der Waals surface area contributed by atoms with E-state index in [9.17, 15) is 0 Å². The van der Waals surface area contributed by atoms with Crippen molar-refractivity contribution in [1.29, 1.82) is 0 Å². The fourth-order valence-corrected chi connectivity index (χ4v) is 3.35. The van der Waals surface area contributed by atoms with Crippen LogP contribution < -0.4 is 0 Å². The first kappa shape index (κ1) is 13.7. The van der Waals surface area contributed by atoms with E-state index in [1.165, 1.54) is 0 Å². The minimum absolute atomic E-state index is 0.660. The average Bonchev–Trinajstić information content (AvgIpc) is 2.46. The zero-order chi connectivity index (χ0) is 13.9. The lowest BCUT2D eigenvalue weighted by Crippen LogP contribution is -1.86. The molecule has 0 amide bonds. The third kappa shape index (κ3) is 3.09. The maximum Gasteiger partial charge on any atom is 0.0970 e. The van der Waals surface area contributed by atoms with Crippen molar-refractivity contribution in [3.8, 4) is 0 Å². The van der Waals surface area contributed by atoms with E-state index in [1.54, 1.807) is 17.8 Å². The Labute approximate surface area is 131 Å². The summed E-state index contributed by atoms with van der Waals surface area (Å²) in [5.74, 6) is 0.779. The molecule has 0 aliphatic heterocycles. The Hall–Kier alpha value is -1.22. The average molecular weight is 320 g/mol. The molecule has 20 heavy (non-hydrogen) atoms. The highest BCUT2D eigenvalue weighted by Crippen LogP contribution is 2.28. The van der Waals surface area contributed by atoms with Gasteiger partial charge in [0, 0.05) is 21.2 Å². The smallest absolute Gasteiger partial charge is 0.0970 e. The van der Waals surface area contributed by atoms with Crippen LogP contribution in [0, 0.1) is 0 Å². The predicted octanol–water partition coefficient (Wildman–Crippen LogP) is 5.83. The lowest BCUT2D eigenvalue weighted by atomic mass is 10.2. The van der Waals surface area contributed by atoms with Crippen molar-refractivity contribution in [1.82, 2.24) is 4.98 Å². The van der Waals surface area contributed by atoms with Gasteiger partial charge in [-0.2, -0.15) is 0 Å². The zero-order valence-corrected chi connectivity index (χ0v) is 12.8. The Kier molecular flexibility index (Phi) is 4.16. The van der Waals surface area contributed by atoms with Gasteiger partial charge >= 0.3 is 0 Å². The Morgan fingerprint density at radius 1 is 0.950 bits per heavy atom. The van der Waals surface area contributed by atoms with Gasteiger partial charge in [0.15, 0.2) is 0 Å². The van der Waals surface area contributed by atoms with E-state index in [1.807, 2.05) is 36.4 Å². The molecule has 0 aliphatic rings. The van der Waals surface area contributed by atoms with Crippen LogP contribution in [0.2, 0.25) is 10.0 Å². The lowest BCUT2D eigenvalue weighted by molar-refractivity contribution is 1.18. The van der Waals surface area contributed by atoms with Crippen LogP contribution >= 0.6 is 35.0 Å². The van der Waals surface area contributed by atoms with Gasteiger partial charge in [0.2, 0.25) is 0 Å². The molecule has 2 aromatic carbocycles. The number of nitrogens with zero attached hydrogens (tertiary/aromatic N) is 1. The van der Waals surface area contributed by atoms with E-state index in [-0.39, 0.29) is 0 Å². The first-order valence-corrected chi connectivity index (χ1v) is 7.89. The van der Waals surface area contributed by atoms with Crippen molar-refractivity contribution < 1.29 is 0 Å².